The van der Waals surface area contributed by atoms with E-state index in [0.29, 0.717) is 6.04 Å². The molecule has 0 spiro atoms. The maximum atomic E-state index is 13.1. The lowest BCUT2D eigenvalue weighted by Crippen LogP contribution is -2.45. The molecule has 3 rings (SSSR count). The van der Waals surface area contributed by atoms with Crippen molar-refractivity contribution in [2.75, 3.05) is 32.8 Å². The van der Waals surface area contributed by atoms with Crippen LogP contribution in [0.4, 0.5) is 0 Å². The lowest BCUT2D eigenvalue weighted by Gasteiger charge is -2.37. The van der Waals surface area contributed by atoms with E-state index in [9.17, 15) is 4.79 Å². The maximum Gasteiger partial charge on any atom is 0.254 e. The minimum Gasteiger partial charge on any atom is -0.494 e. The van der Waals surface area contributed by atoms with Gasteiger partial charge < -0.3 is 14.5 Å². The molecule has 2 heterocycles. The van der Waals surface area contributed by atoms with Gasteiger partial charge in [0.15, 0.2) is 0 Å². The zero-order valence-electron chi connectivity index (χ0n) is 17.0. The smallest absolute Gasteiger partial charge is 0.254 e. The van der Waals surface area contributed by atoms with E-state index >= 15 is 0 Å². The fourth-order valence-corrected chi connectivity index (χ4v) is 4.34. The van der Waals surface area contributed by atoms with Gasteiger partial charge in [-0.05, 0) is 82.3 Å². The van der Waals surface area contributed by atoms with Crippen molar-refractivity contribution in [1.82, 2.24) is 9.80 Å². The van der Waals surface area contributed by atoms with E-state index in [1.807, 2.05) is 24.3 Å². The molecule has 4 nitrogen and oxygen atoms in total. The molecule has 2 fully saturated rings. The molecular formula is C23H36N2O2. The minimum atomic E-state index is 0.192. The van der Waals surface area contributed by atoms with E-state index in [1.54, 1.807) is 0 Å². The predicted octanol–water partition coefficient (Wildman–Crippen LogP) is 4.74. The molecule has 4 heteroatoms. The molecule has 2 saturated heterocycles. The molecule has 0 radical (unpaired) electrons. The van der Waals surface area contributed by atoms with Gasteiger partial charge in [-0.25, -0.2) is 0 Å². The second-order valence-corrected chi connectivity index (χ2v) is 8.07. The Balaban J connectivity index is 1.57. The Labute approximate surface area is 164 Å². The van der Waals surface area contributed by atoms with Gasteiger partial charge in [-0.3, -0.25) is 4.79 Å². The summed E-state index contributed by atoms with van der Waals surface area (Å²) in [5.74, 6) is 1.04. The molecule has 27 heavy (non-hydrogen) atoms. The van der Waals surface area contributed by atoms with Gasteiger partial charge in [-0.15, -0.1) is 0 Å². The highest BCUT2D eigenvalue weighted by molar-refractivity contribution is 5.94. The standard InChI is InChI=1S/C23H36N2O2/c1-2-19-27-22-12-10-20(11-13-22)23(26)25-17-8-5-9-21(25)14-18-24-15-6-3-4-7-16-24/h10-13,21H,2-9,14-19H2,1H3/t21-/m0/s1. The van der Waals surface area contributed by atoms with Crippen molar-refractivity contribution in [3.63, 3.8) is 0 Å². The number of ether oxygens (including phenoxy) is 1. The Bertz CT molecular complexity index is 564. The number of hydrogen-bond donors (Lipinski definition) is 0. The summed E-state index contributed by atoms with van der Waals surface area (Å²) >= 11 is 0. The number of rotatable bonds is 7. The molecule has 1 aromatic rings. The first-order chi connectivity index (χ1) is 13.3. The molecule has 0 N–H and O–H groups in total. The van der Waals surface area contributed by atoms with Gasteiger partial charge in [-0.1, -0.05) is 19.8 Å². The van der Waals surface area contributed by atoms with E-state index in [4.69, 9.17) is 4.74 Å². The van der Waals surface area contributed by atoms with E-state index in [1.165, 1.54) is 45.2 Å². The van der Waals surface area contributed by atoms with Crippen LogP contribution >= 0.6 is 0 Å². The van der Waals surface area contributed by atoms with Gasteiger partial charge in [-0.2, -0.15) is 0 Å². The largest absolute Gasteiger partial charge is 0.494 e. The average molecular weight is 373 g/mol. The molecule has 1 amide bonds. The number of carbonyl (C=O) groups is 1. The van der Waals surface area contributed by atoms with Crippen LogP contribution in [0.2, 0.25) is 0 Å². The van der Waals surface area contributed by atoms with Crippen LogP contribution in [-0.2, 0) is 0 Å². The summed E-state index contributed by atoms with van der Waals surface area (Å²) in [5, 5.41) is 0. The topological polar surface area (TPSA) is 32.8 Å². The molecule has 1 aromatic carbocycles. The van der Waals surface area contributed by atoms with Gasteiger partial charge in [0, 0.05) is 24.7 Å². The lowest BCUT2D eigenvalue weighted by atomic mass is 9.97. The first-order valence-corrected chi connectivity index (χ1v) is 11.0. The number of likely N-dealkylation sites (tertiary alicyclic amines) is 2. The van der Waals surface area contributed by atoms with Crippen molar-refractivity contribution in [1.29, 1.82) is 0 Å². The second kappa shape index (κ2) is 10.7. The number of carbonyl (C=O) groups excluding carboxylic acids is 1. The van der Waals surface area contributed by atoms with Crippen LogP contribution in [0.1, 0.15) is 75.1 Å². The quantitative estimate of drug-likeness (QED) is 0.693. The Kier molecular flexibility index (Phi) is 8.00. The molecule has 0 bridgehead atoms. The Morgan fingerprint density at radius 3 is 2.41 bits per heavy atom. The zero-order chi connectivity index (χ0) is 18.9. The van der Waals surface area contributed by atoms with Gasteiger partial charge in [0.1, 0.15) is 5.75 Å². The van der Waals surface area contributed by atoms with Crippen molar-refractivity contribution < 1.29 is 9.53 Å². The highest BCUT2D eigenvalue weighted by Gasteiger charge is 2.27. The van der Waals surface area contributed by atoms with Gasteiger partial charge in [0.2, 0.25) is 0 Å². The van der Waals surface area contributed by atoms with E-state index in [0.717, 1.165) is 56.7 Å². The molecule has 0 aliphatic carbocycles. The van der Waals surface area contributed by atoms with Crippen LogP contribution in [0, 0.1) is 0 Å². The van der Waals surface area contributed by atoms with Crippen molar-refractivity contribution in [3.05, 3.63) is 29.8 Å². The number of benzene rings is 1. The SMILES string of the molecule is CCCOc1ccc(C(=O)N2CCCC[C@H]2CCN2CCCCCC2)cc1. The van der Waals surface area contributed by atoms with Crippen LogP contribution < -0.4 is 4.74 Å². The molecule has 0 unspecified atom stereocenters. The molecule has 1 atom stereocenters. The molecule has 2 aliphatic heterocycles. The Morgan fingerprint density at radius 2 is 1.70 bits per heavy atom. The van der Waals surface area contributed by atoms with Crippen LogP contribution in [0.3, 0.4) is 0 Å². The number of piperidine rings is 1. The van der Waals surface area contributed by atoms with Gasteiger partial charge in [0.25, 0.3) is 5.91 Å². The molecule has 2 aliphatic rings. The van der Waals surface area contributed by atoms with Crippen LogP contribution in [0.5, 0.6) is 5.75 Å². The normalized spacial score (nSPS) is 21.7. The Hall–Kier alpha value is -1.55. The molecule has 0 aromatic heterocycles. The first kappa shape index (κ1) is 20.2. The number of hydrogen-bond acceptors (Lipinski definition) is 3. The number of nitrogens with zero attached hydrogens (tertiary/aromatic N) is 2. The summed E-state index contributed by atoms with van der Waals surface area (Å²) in [4.78, 5) is 17.9. The fraction of sp³-hybridized carbons (Fsp3) is 0.696. The van der Waals surface area contributed by atoms with E-state index < -0.39 is 0 Å². The summed E-state index contributed by atoms with van der Waals surface area (Å²) < 4.78 is 5.64. The average Bonchev–Trinajstić information content (AvgIpc) is 3.00. The molecule has 0 saturated carbocycles. The summed E-state index contributed by atoms with van der Waals surface area (Å²) in [7, 11) is 0. The summed E-state index contributed by atoms with van der Waals surface area (Å²) in [6.45, 7) is 7.33. The zero-order valence-corrected chi connectivity index (χ0v) is 17.0. The summed E-state index contributed by atoms with van der Waals surface area (Å²) in [6, 6.07) is 8.10. The van der Waals surface area contributed by atoms with Crippen LogP contribution in [-0.4, -0.2) is 54.5 Å². The fourth-order valence-electron chi connectivity index (χ4n) is 4.34. The first-order valence-electron chi connectivity index (χ1n) is 11.0. The lowest BCUT2D eigenvalue weighted by molar-refractivity contribution is 0.0584. The maximum absolute atomic E-state index is 13.1. The van der Waals surface area contributed by atoms with Crippen molar-refractivity contribution in [2.45, 2.75) is 70.8 Å². The number of amides is 1. The monoisotopic (exact) mass is 372 g/mol. The van der Waals surface area contributed by atoms with E-state index in [-0.39, 0.29) is 5.91 Å². The van der Waals surface area contributed by atoms with Crippen LogP contribution in [0.15, 0.2) is 24.3 Å². The predicted molar refractivity (Wildman–Crippen MR) is 110 cm³/mol. The van der Waals surface area contributed by atoms with Gasteiger partial charge >= 0.3 is 0 Å². The third kappa shape index (κ3) is 5.97. The van der Waals surface area contributed by atoms with Crippen molar-refractivity contribution in [2.24, 2.45) is 0 Å². The molecular weight excluding hydrogens is 336 g/mol. The second-order valence-electron chi connectivity index (χ2n) is 8.07. The summed E-state index contributed by atoms with van der Waals surface area (Å²) in [6.07, 6.45) is 11.1. The van der Waals surface area contributed by atoms with Crippen molar-refractivity contribution >= 4 is 5.91 Å². The van der Waals surface area contributed by atoms with Gasteiger partial charge in [0.05, 0.1) is 6.61 Å². The van der Waals surface area contributed by atoms with Crippen molar-refractivity contribution in [3.8, 4) is 5.75 Å². The Morgan fingerprint density at radius 1 is 1.00 bits per heavy atom. The van der Waals surface area contributed by atoms with Crippen LogP contribution in [0.25, 0.3) is 0 Å². The summed E-state index contributed by atoms with van der Waals surface area (Å²) in [5.41, 5.74) is 0.792. The third-order valence-corrected chi connectivity index (χ3v) is 5.94. The van der Waals surface area contributed by atoms with E-state index in [2.05, 4.69) is 16.7 Å². The minimum absolute atomic E-state index is 0.192. The highest BCUT2D eigenvalue weighted by atomic mass is 16.5. The third-order valence-electron chi connectivity index (χ3n) is 5.94. The molecule has 150 valence electrons. The highest BCUT2D eigenvalue weighted by Crippen LogP contribution is 2.24.